The zero-order valence-electron chi connectivity index (χ0n) is 11.1. The van der Waals surface area contributed by atoms with Gasteiger partial charge in [-0.25, -0.2) is 0 Å². The number of hydrogen-bond donors (Lipinski definition) is 2. The quantitative estimate of drug-likeness (QED) is 0.893. The molecular formula is C14H17F3N2O. The average molecular weight is 286 g/mol. The van der Waals surface area contributed by atoms with Crippen LogP contribution < -0.4 is 11.1 Å². The van der Waals surface area contributed by atoms with Crippen LogP contribution in [0.1, 0.15) is 30.4 Å². The van der Waals surface area contributed by atoms with Crippen molar-refractivity contribution in [3.8, 4) is 0 Å². The lowest BCUT2D eigenvalue weighted by molar-refractivity contribution is -0.137. The van der Waals surface area contributed by atoms with Gasteiger partial charge in [-0.15, -0.1) is 0 Å². The summed E-state index contributed by atoms with van der Waals surface area (Å²) in [4.78, 5) is 11.8. The first-order valence-corrected chi connectivity index (χ1v) is 6.50. The van der Waals surface area contributed by atoms with Crippen LogP contribution in [0.4, 0.5) is 18.9 Å². The standard InChI is InChI=1S/C14H17F3N2O/c1-8-2-5-10(14(15,16)17)6-12(8)19-13(20)7-11(18)9-3-4-9/h2,5-6,9,11H,3-4,7,18H2,1H3,(H,19,20). The van der Waals surface area contributed by atoms with Gasteiger partial charge in [0.15, 0.2) is 0 Å². The summed E-state index contributed by atoms with van der Waals surface area (Å²) < 4.78 is 37.9. The Morgan fingerprint density at radius 2 is 2.10 bits per heavy atom. The van der Waals surface area contributed by atoms with E-state index in [0.29, 0.717) is 11.5 Å². The number of aryl methyl sites for hydroxylation is 1. The molecule has 0 saturated heterocycles. The molecule has 1 amide bonds. The van der Waals surface area contributed by atoms with Gasteiger partial charge < -0.3 is 11.1 Å². The zero-order chi connectivity index (χ0) is 14.9. The van der Waals surface area contributed by atoms with Gasteiger partial charge in [-0.1, -0.05) is 6.07 Å². The molecule has 0 bridgehead atoms. The van der Waals surface area contributed by atoms with Crippen molar-refractivity contribution in [3.05, 3.63) is 29.3 Å². The van der Waals surface area contributed by atoms with E-state index in [1.54, 1.807) is 6.92 Å². The molecule has 2 rings (SSSR count). The number of amides is 1. The maximum absolute atomic E-state index is 12.6. The molecule has 0 aromatic heterocycles. The summed E-state index contributed by atoms with van der Waals surface area (Å²) in [6.45, 7) is 1.65. The monoisotopic (exact) mass is 286 g/mol. The van der Waals surface area contributed by atoms with Gasteiger partial charge in [0.05, 0.1) is 5.56 Å². The third-order valence-corrected chi connectivity index (χ3v) is 3.49. The number of halogens is 3. The van der Waals surface area contributed by atoms with Gasteiger partial charge >= 0.3 is 6.18 Å². The number of hydrogen-bond acceptors (Lipinski definition) is 2. The molecule has 0 aliphatic heterocycles. The lowest BCUT2D eigenvalue weighted by Gasteiger charge is -2.14. The summed E-state index contributed by atoms with van der Waals surface area (Å²) >= 11 is 0. The second kappa shape index (κ2) is 5.44. The Morgan fingerprint density at radius 1 is 1.45 bits per heavy atom. The van der Waals surface area contributed by atoms with Crippen LogP contribution in [0.25, 0.3) is 0 Å². The predicted octanol–water partition coefficient (Wildman–Crippen LogP) is 3.08. The highest BCUT2D eigenvalue weighted by atomic mass is 19.4. The van der Waals surface area contributed by atoms with Crippen LogP contribution in [0, 0.1) is 12.8 Å². The van der Waals surface area contributed by atoms with Crippen molar-refractivity contribution in [2.75, 3.05) is 5.32 Å². The van der Waals surface area contributed by atoms with Crippen molar-refractivity contribution in [3.63, 3.8) is 0 Å². The maximum atomic E-state index is 12.6. The summed E-state index contributed by atoms with van der Waals surface area (Å²) in [5.41, 5.74) is 5.83. The first-order chi connectivity index (χ1) is 9.27. The fraction of sp³-hybridized carbons (Fsp3) is 0.500. The molecule has 1 aliphatic carbocycles. The van der Waals surface area contributed by atoms with Gasteiger partial charge in [0.25, 0.3) is 0 Å². The van der Waals surface area contributed by atoms with Crippen LogP contribution in [-0.2, 0) is 11.0 Å². The van der Waals surface area contributed by atoms with Crippen molar-refractivity contribution in [2.45, 2.75) is 38.4 Å². The third-order valence-electron chi connectivity index (χ3n) is 3.49. The van der Waals surface area contributed by atoms with Gasteiger partial charge in [0, 0.05) is 18.2 Å². The summed E-state index contributed by atoms with van der Waals surface area (Å²) in [5, 5.41) is 2.52. The van der Waals surface area contributed by atoms with Crippen LogP contribution in [0.3, 0.4) is 0 Å². The van der Waals surface area contributed by atoms with Gasteiger partial charge in [0.1, 0.15) is 0 Å². The van der Waals surface area contributed by atoms with Gasteiger partial charge in [-0.2, -0.15) is 13.2 Å². The summed E-state index contributed by atoms with van der Waals surface area (Å²) in [6, 6.07) is 3.09. The molecule has 1 fully saturated rings. The minimum Gasteiger partial charge on any atom is -0.327 e. The Hall–Kier alpha value is -1.56. The van der Waals surface area contributed by atoms with Gasteiger partial charge in [-0.05, 0) is 43.4 Å². The summed E-state index contributed by atoms with van der Waals surface area (Å²) in [5.74, 6) is 0.0372. The van der Waals surface area contributed by atoms with Crippen molar-refractivity contribution >= 4 is 11.6 Å². The first-order valence-electron chi connectivity index (χ1n) is 6.50. The Labute approximate surface area is 115 Å². The molecule has 0 spiro atoms. The number of nitrogens with two attached hydrogens (primary N) is 1. The topological polar surface area (TPSA) is 55.1 Å². The van der Waals surface area contributed by atoms with Crippen LogP contribution in [0.2, 0.25) is 0 Å². The minimum atomic E-state index is -4.42. The number of anilines is 1. The normalized spacial score (nSPS) is 16.9. The fourth-order valence-electron chi connectivity index (χ4n) is 2.04. The summed E-state index contributed by atoms with van der Waals surface area (Å²) in [7, 11) is 0. The Balaban J connectivity index is 2.05. The SMILES string of the molecule is Cc1ccc(C(F)(F)F)cc1NC(=O)CC(N)C1CC1. The number of benzene rings is 1. The van der Waals surface area contributed by atoms with Crippen molar-refractivity contribution < 1.29 is 18.0 Å². The molecule has 3 N–H and O–H groups in total. The number of alkyl halides is 3. The van der Waals surface area contributed by atoms with Crippen LogP contribution in [0.5, 0.6) is 0 Å². The highest BCUT2D eigenvalue weighted by Gasteiger charge is 2.32. The second-order valence-electron chi connectivity index (χ2n) is 5.28. The molecule has 6 heteroatoms. The fourth-order valence-corrected chi connectivity index (χ4v) is 2.04. The lowest BCUT2D eigenvalue weighted by Crippen LogP contribution is -2.29. The molecule has 1 unspecified atom stereocenters. The number of rotatable bonds is 4. The molecule has 0 radical (unpaired) electrons. The second-order valence-corrected chi connectivity index (χ2v) is 5.28. The lowest BCUT2D eigenvalue weighted by atomic mass is 10.1. The molecule has 0 heterocycles. The Morgan fingerprint density at radius 3 is 2.65 bits per heavy atom. The maximum Gasteiger partial charge on any atom is 0.416 e. The molecule has 20 heavy (non-hydrogen) atoms. The molecule has 1 atom stereocenters. The highest BCUT2D eigenvalue weighted by molar-refractivity contribution is 5.92. The van der Waals surface area contributed by atoms with E-state index in [-0.39, 0.29) is 24.1 Å². The molecule has 1 saturated carbocycles. The van der Waals surface area contributed by atoms with Gasteiger partial charge in [-0.3, -0.25) is 4.79 Å². The number of carbonyl (C=O) groups is 1. The van der Waals surface area contributed by atoms with E-state index in [1.165, 1.54) is 6.07 Å². The molecule has 3 nitrogen and oxygen atoms in total. The molecule has 1 aromatic carbocycles. The van der Waals surface area contributed by atoms with E-state index in [1.807, 2.05) is 0 Å². The van der Waals surface area contributed by atoms with E-state index in [9.17, 15) is 18.0 Å². The molecule has 1 aromatic rings. The number of nitrogens with one attached hydrogen (secondary N) is 1. The van der Waals surface area contributed by atoms with E-state index in [2.05, 4.69) is 5.32 Å². The zero-order valence-corrected chi connectivity index (χ0v) is 11.1. The largest absolute Gasteiger partial charge is 0.416 e. The van der Waals surface area contributed by atoms with Crippen molar-refractivity contribution in [1.29, 1.82) is 0 Å². The molecular weight excluding hydrogens is 269 g/mol. The smallest absolute Gasteiger partial charge is 0.327 e. The minimum absolute atomic E-state index is 0.139. The van der Waals surface area contributed by atoms with E-state index in [0.717, 1.165) is 25.0 Å². The highest BCUT2D eigenvalue weighted by Crippen LogP contribution is 2.34. The Kier molecular flexibility index (Phi) is 4.04. The predicted molar refractivity (Wildman–Crippen MR) is 70.1 cm³/mol. The van der Waals surface area contributed by atoms with Crippen LogP contribution >= 0.6 is 0 Å². The molecule has 1 aliphatic rings. The van der Waals surface area contributed by atoms with E-state index < -0.39 is 11.7 Å². The Bertz CT molecular complexity index is 510. The average Bonchev–Trinajstić information content (AvgIpc) is 3.14. The van der Waals surface area contributed by atoms with Crippen LogP contribution in [-0.4, -0.2) is 11.9 Å². The van der Waals surface area contributed by atoms with Crippen LogP contribution in [0.15, 0.2) is 18.2 Å². The van der Waals surface area contributed by atoms with E-state index in [4.69, 9.17) is 5.73 Å². The third kappa shape index (κ3) is 3.72. The number of carbonyl (C=O) groups excluding carboxylic acids is 1. The summed E-state index contributed by atoms with van der Waals surface area (Å²) in [6.07, 6.45) is -2.23. The van der Waals surface area contributed by atoms with Gasteiger partial charge in [0.2, 0.25) is 5.91 Å². The van der Waals surface area contributed by atoms with E-state index >= 15 is 0 Å². The van der Waals surface area contributed by atoms with Crippen molar-refractivity contribution in [1.82, 2.24) is 0 Å². The first kappa shape index (κ1) is 14.8. The van der Waals surface area contributed by atoms with Crippen molar-refractivity contribution in [2.24, 2.45) is 11.7 Å². The molecule has 110 valence electrons.